The van der Waals surface area contributed by atoms with E-state index in [-0.39, 0.29) is 17.7 Å². The van der Waals surface area contributed by atoms with Crippen molar-refractivity contribution >= 4 is 5.78 Å². The van der Waals surface area contributed by atoms with E-state index in [2.05, 4.69) is 10.0 Å². The van der Waals surface area contributed by atoms with Crippen molar-refractivity contribution < 1.29 is 4.79 Å². The van der Waals surface area contributed by atoms with Crippen molar-refractivity contribution in [2.45, 2.75) is 31.7 Å². The van der Waals surface area contributed by atoms with Crippen LogP contribution in [0, 0.1) is 0 Å². The highest BCUT2D eigenvalue weighted by Crippen LogP contribution is 2.37. The lowest BCUT2D eigenvalue weighted by molar-refractivity contribution is -0.117. The van der Waals surface area contributed by atoms with Gasteiger partial charge in [0.15, 0.2) is 0 Å². The standard InChI is InChI=1S/C12H13N3O/c1-8(16)6-11-10-5-3-2-4-9(10)7-12(11)14-15-13/h2-5,11-12H,6-7H2,1H3/t11-,12-/m1/s1. The number of Topliss-reactive ketones (excluding diaryl/α,β-unsaturated/α-hetero) is 1. The van der Waals surface area contributed by atoms with Crippen LogP contribution in [0.1, 0.15) is 30.4 Å². The molecule has 0 unspecified atom stereocenters. The fourth-order valence-electron chi connectivity index (χ4n) is 2.40. The van der Waals surface area contributed by atoms with Crippen molar-refractivity contribution in [3.8, 4) is 0 Å². The lowest BCUT2D eigenvalue weighted by atomic mass is 9.93. The smallest absolute Gasteiger partial charge is 0.130 e. The number of nitrogens with zero attached hydrogens (tertiary/aromatic N) is 3. The third kappa shape index (κ3) is 1.92. The molecule has 0 bridgehead atoms. The van der Waals surface area contributed by atoms with Crippen LogP contribution in [0.4, 0.5) is 0 Å². The Labute approximate surface area is 93.9 Å². The molecule has 0 saturated heterocycles. The van der Waals surface area contributed by atoms with Gasteiger partial charge in [-0.1, -0.05) is 29.4 Å². The molecule has 82 valence electrons. The number of fused-ring (bicyclic) bond motifs is 1. The highest BCUT2D eigenvalue weighted by molar-refractivity contribution is 5.77. The molecule has 0 saturated carbocycles. The lowest BCUT2D eigenvalue weighted by Gasteiger charge is -2.14. The molecule has 0 aromatic heterocycles. The van der Waals surface area contributed by atoms with E-state index < -0.39 is 0 Å². The summed E-state index contributed by atoms with van der Waals surface area (Å²) < 4.78 is 0. The summed E-state index contributed by atoms with van der Waals surface area (Å²) in [5.41, 5.74) is 10.9. The SMILES string of the molecule is CC(=O)C[C@@H]1c2ccccc2C[C@H]1N=[N+]=[N-]. The average Bonchev–Trinajstić information content (AvgIpc) is 2.57. The fraction of sp³-hybridized carbons (Fsp3) is 0.417. The summed E-state index contributed by atoms with van der Waals surface area (Å²) >= 11 is 0. The Morgan fingerprint density at radius 1 is 1.56 bits per heavy atom. The highest BCUT2D eigenvalue weighted by Gasteiger charge is 2.31. The normalized spacial score (nSPS) is 22.3. The summed E-state index contributed by atoms with van der Waals surface area (Å²) in [6, 6.07) is 7.89. The molecule has 1 aromatic rings. The van der Waals surface area contributed by atoms with Crippen molar-refractivity contribution in [2.24, 2.45) is 5.11 Å². The Morgan fingerprint density at radius 3 is 3.00 bits per heavy atom. The Morgan fingerprint density at radius 2 is 2.31 bits per heavy atom. The Bertz CT molecular complexity index is 463. The molecule has 1 aromatic carbocycles. The van der Waals surface area contributed by atoms with Gasteiger partial charge in [0.2, 0.25) is 0 Å². The van der Waals surface area contributed by atoms with Crippen LogP contribution in [0.3, 0.4) is 0 Å². The highest BCUT2D eigenvalue weighted by atomic mass is 16.1. The van der Waals surface area contributed by atoms with Gasteiger partial charge in [0.25, 0.3) is 0 Å². The van der Waals surface area contributed by atoms with Gasteiger partial charge in [0.05, 0.1) is 0 Å². The molecule has 0 heterocycles. The second-order valence-corrected chi connectivity index (χ2v) is 4.19. The lowest BCUT2D eigenvalue weighted by Crippen LogP contribution is -2.13. The van der Waals surface area contributed by atoms with E-state index in [4.69, 9.17) is 5.53 Å². The molecule has 4 heteroatoms. The quantitative estimate of drug-likeness (QED) is 0.434. The molecule has 4 nitrogen and oxygen atoms in total. The number of rotatable bonds is 3. The third-order valence-electron chi connectivity index (χ3n) is 3.06. The predicted octanol–water partition coefficient (Wildman–Crippen LogP) is 2.98. The molecule has 0 fully saturated rings. The second-order valence-electron chi connectivity index (χ2n) is 4.19. The molecule has 16 heavy (non-hydrogen) atoms. The van der Waals surface area contributed by atoms with Gasteiger partial charge in [0, 0.05) is 17.4 Å². The van der Waals surface area contributed by atoms with Gasteiger partial charge in [-0.2, -0.15) is 0 Å². The average molecular weight is 215 g/mol. The molecule has 0 aliphatic heterocycles. The second kappa shape index (κ2) is 4.37. The molecular formula is C12H13N3O. The topological polar surface area (TPSA) is 65.8 Å². The number of ketones is 1. The summed E-state index contributed by atoms with van der Waals surface area (Å²) in [7, 11) is 0. The first-order valence-electron chi connectivity index (χ1n) is 5.34. The van der Waals surface area contributed by atoms with E-state index in [1.807, 2.05) is 24.3 Å². The van der Waals surface area contributed by atoms with Gasteiger partial charge in [-0.25, -0.2) is 0 Å². The predicted molar refractivity (Wildman–Crippen MR) is 61.1 cm³/mol. The van der Waals surface area contributed by atoms with Crippen molar-refractivity contribution in [3.63, 3.8) is 0 Å². The van der Waals surface area contributed by atoms with E-state index in [9.17, 15) is 4.79 Å². The first-order valence-corrected chi connectivity index (χ1v) is 5.34. The van der Waals surface area contributed by atoms with Gasteiger partial charge < -0.3 is 4.79 Å². The third-order valence-corrected chi connectivity index (χ3v) is 3.06. The first-order chi connectivity index (χ1) is 7.72. The van der Waals surface area contributed by atoms with Gasteiger partial charge in [0.1, 0.15) is 5.78 Å². The van der Waals surface area contributed by atoms with Gasteiger partial charge in [-0.05, 0) is 35.9 Å². The van der Waals surface area contributed by atoms with Gasteiger partial charge >= 0.3 is 0 Å². The van der Waals surface area contributed by atoms with Crippen molar-refractivity contribution in [1.82, 2.24) is 0 Å². The zero-order chi connectivity index (χ0) is 11.5. The minimum absolute atomic E-state index is 0.0598. The molecule has 1 aliphatic carbocycles. The Kier molecular flexibility index (Phi) is 2.93. The van der Waals surface area contributed by atoms with Crippen LogP contribution < -0.4 is 0 Å². The monoisotopic (exact) mass is 215 g/mol. The maximum atomic E-state index is 11.2. The van der Waals surface area contributed by atoms with Gasteiger partial charge in [-0.3, -0.25) is 0 Å². The summed E-state index contributed by atoms with van der Waals surface area (Å²) in [4.78, 5) is 14.1. The van der Waals surface area contributed by atoms with E-state index in [1.165, 1.54) is 5.56 Å². The number of carbonyl (C=O) groups is 1. The molecule has 0 radical (unpaired) electrons. The molecular weight excluding hydrogens is 202 g/mol. The van der Waals surface area contributed by atoms with Crippen LogP contribution in [0.5, 0.6) is 0 Å². The molecule has 2 rings (SSSR count). The van der Waals surface area contributed by atoms with Crippen LogP contribution in [0.2, 0.25) is 0 Å². The largest absolute Gasteiger partial charge is 0.300 e. The molecule has 1 aliphatic rings. The van der Waals surface area contributed by atoms with Crippen molar-refractivity contribution in [1.29, 1.82) is 0 Å². The van der Waals surface area contributed by atoms with E-state index in [0.29, 0.717) is 6.42 Å². The maximum Gasteiger partial charge on any atom is 0.130 e. The fourth-order valence-corrected chi connectivity index (χ4v) is 2.40. The summed E-state index contributed by atoms with van der Waals surface area (Å²) in [6.07, 6.45) is 1.21. The Hall–Kier alpha value is -1.80. The molecule has 0 amide bonds. The first kappa shape index (κ1) is 10.7. The molecule has 2 atom stereocenters. The number of azide groups is 1. The number of carbonyl (C=O) groups excluding carboxylic acids is 1. The zero-order valence-electron chi connectivity index (χ0n) is 9.13. The minimum Gasteiger partial charge on any atom is -0.300 e. The summed E-state index contributed by atoms with van der Waals surface area (Å²) in [6.45, 7) is 1.58. The minimum atomic E-state index is -0.105. The van der Waals surface area contributed by atoms with Crippen LogP contribution in [-0.2, 0) is 11.2 Å². The van der Waals surface area contributed by atoms with E-state index in [0.717, 1.165) is 12.0 Å². The van der Waals surface area contributed by atoms with Crippen LogP contribution in [0.15, 0.2) is 29.4 Å². The van der Waals surface area contributed by atoms with Crippen LogP contribution in [0.25, 0.3) is 10.4 Å². The zero-order valence-corrected chi connectivity index (χ0v) is 9.13. The van der Waals surface area contributed by atoms with Crippen molar-refractivity contribution in [2.75, 3.05) is 0 Å². The van der Waals surface area contributed by atoms with E-state index in [1.54, 1.807) is 6.92 Å². The van der Waals surface area contributed by atoms with Crippen molar-refractivity contribution in [3.05, 3.63) is 45.8 Å². The van der Waals surface area contributed by atoms with Crippen LogP contribution >= 0.6 is 0 Å². The van der Waals surface area contributed by atoms with E-state index >= 15 is 0 Å². The summed E-state index contributed by atoms with van der Waals surface area (Å²) in [5.74, 6) is 0.199. The molecule has 0 spiro atoms. The Balaban J connectivity index is 2.35. The van der Waals surface area contributed by atoms with Crippen LogP contribution in [-0.4, -0.2) is 11.8 Å². The summed E-state index contributed by atoms with van der Waals surface area (Å²) in [5, 5.41) is 3.80. The number of hydrogen-bond acceptors (Lipinski definition) is 2. The number of hydrogen-bond donors (Lipinski definition) is 0. The van der Waals surface area contributed by atoms with Gasteiger partial charge in [-0.15, -0.1) is 0 Å². The molecule has 0 N–H and O–H groups in total. The maximum absolute atomic E-state index is 11.2. The number of benzene rings is 1.